The van der Waals surface area contributed by atoms with E-state index in [1.54, 1.807) is 13.8 Å². The van der Waals surface area contributed by atoms with Crippen LogP contribution in [0.15, 0.2) is 78.0 Å². The lowest BCUT2D eigenvalue weighted by Gasteiger charge is -2.24. The lowest BCUT2D eigenvalue weighted by Crippen LogP contribution is -2.46. The van der Waals surface area contributed by atoms with Gasteiger partial charge in [0.05, 0.1) is 18.2 Å². The molecule has 0 unspecified atom stereocenters. The smallest absolute Gasteiger partial charge is 0.258 e. The molecule has 0 spiro atoms. The predicted molar refractivity (Wildman–Crippen MR) is 137 cm³/mol. The van der Waals surface area contributed by atoms with Crippen LogP contribution < -0.4 is 10.0 Å². The Morgan fingerprint density at radius 2 is 1.68 bits per heavy atom. The van der Waals surface area contributed by atoms with Gasteiger partial charge in [-0.3, -0.25) is 9.59 Å². The van der Waals surface area contributed by atoms with Gasteiger partial charge in [0.25, 0.3) is 15.9 Å². The highest BCUT2D eigenvalue weighted by Crippen LogP contribution is 2.14. The van der Waals surface area contributed by atoms with Gasteiger partial charge in [0.1, 0.15) is 5.82 Å². The summed E-state index contributed by atoms with van der Waals surface area (Å²) < 4.78 is 46.2. The molecule has 0 aliphatic carbocycles. The Labute approximate surface area is 216 Å². The summed E-state index contributed by atoms with van der Waals surface area (Å²) in [5.41, 5.74) is 0.739. The molecule has 2 N–H and O–H groups in total. The molecular formula is C27H30FN3O5S. The van der Waals surface area contributed by atoms with Crippen molar-refractivity contribution in [2.45, 2.75) is 43.3 Å². The van der Waals surface area contributed by atoms with Crippen molar-refractivity contribution in [3.8, 4) is 0 Å². The number of carbonyl (C=O) groups is 2. The highest BCUT2D eigenvalue weighted by Gasteiger charge is 2.27. The van der Waals surface area contributed by atoms with E-state index in [-0.39, 0.29) is 35.8 Å². The lowest BCUT2D eigenvalue weighted by molar-refractivity contribution is -0.120. The van der Waals surface area contributed by atoms with Gasteiger partial charge in [-0.25, -0.2) is 22.5 Å². The van der Waals surface area contributed by atoms with Crippen molar-refractivity contribution in [3.63, 3.8) is 0 Å². The number of halogens is 1. The monoisotopic (exact) mass is 527 g/mol. The first kappa shape index (κ1) is 28.1. The largest absolute Gasteiger partial charge is 0.383 e. The molecule has 1 atom stereocenters. The number of aromatic nitrogens is 1. The highest BCUT2D eigenvalue weighted by atomic mass is 32.2. The first-order valence-corrected chi connectivity index (χ1v) is 13.1. The number of rotatable bonds is 12. The Morgan fingerprint density at radius 1 is 1.00 bits per heavy atom. The second kappa shape index (κ2) is 12.2. The van der Waals surface area contributed by atoms with Gasteiger partial charge in [0.2, 0.25) is 0 Å². The Bertz CT molecular complexity index is 1310. The molecule has 0 aliphatic rings. The zero-order chi connectivity index (χ0) is 27.1. The predicted octanol–water partition coefficient (Wildman–Crippen LogP) is 3.08. The number of carbonyl (C=O) groups excluding carboxylic acids is 2. The van der Waals surface area contributed by atoms with E-state index >= 15 is 0 Å². The molecule has 2 aromatic carbocycles. The minimum Gasteiger partial charge on any atom is -0.383 e. The van der Waals surface area contributed by atoms with E-state index < -0.39 is 33.3 Å². The number of nitrogens with zero attached hydrogens (tertiary/aromatic N) is 1. The number of pyridine rings is 1. The minimum atomic E-state index is -3.90. The van der Waals surface area contributed by atoms with Gasteiger partial charge >= 0.3 is 0 Å². The summed E-state index contributed by atoms with van der Waals surface area (Å²) in [6.45, 7) is 3.55. The molecule has 0 fully saturated rings. The first-order valence-electron chi connectivity index (χ1n) is 11.6. The van der Waals surface area contributed by atoms with Crippen LogP contribution in [0.25, 0.3) is 0 Å². The summed E-state index contributed by atoms with van der Waals surface area (Å²) in [5, 5.41) is 2.56. The third-order valence-corrected chi connectivity index (χ3v) is 7.06. The molecule has 0 radical (unpaired) electrons. The number of benzene rings is 2. The van der Waals surface area contributed by atoms with Crippen molar-refractivity contribution in [1.29, 1.82) is 0 Å². The molecule has 0 saturated carbocycles. The maximum atomic E-state index is 13.2. The Hall–Kier alpha value is -3.47. The zero-order valence-corrected chi connectivity index (χ0v) is 21.7. The SMILES string of the molecule is COCC(C)(C)NS(=O)(=O)c1ccc(CC(=O)[C@H](Cc2ccccc2)NC(=O)c2ccc(F)cc2)cn1. The van der Waals surface area contributed by atoms with E-state index in [1.165, 1.54) is 49.7 Å². The standard InChI is InChI=1S/C27H30FN3O5S/c1-27(2,18-36-3)31-37(34,35)25-14-9-20(17-29-25)16-24(32)23(15-19-7-5-4-6-8-19)30-26(33)21-10-12-22(28)13-11-21/h4-14,17,23,31H,15-16,18H2,1-3H3,(H,30,33)/t23-/m0/s1. The number of ether oxygens (including phenoxy) is 1. The highest BCUT2D eigenvalue weighted by molar-refractivity contribution is 7.89. The summed E-state index contributed by atoms with van der Waals surface area (Å²) in [4.78, 5) is 30.0. The van der Waals surface area contributed by atoms with Crippen LogP contribution in [-0.2, 0) is 32.4 Å². The van der Waals surface area contributed by atoms with E-state index in [0.717, 1.165) is 5.56 Å². The van der Waals surface area contributed by atoms with Crippen LogP contribution in [-0.4, -0.2) is 50.4 Å². The number of methoxy groups -OCH3 is 1. The van der Waals surface area contributed by atoms with E-state index in [0.29, 0.717) is 5.56 Å². The molecule has 0 aliphatic heterocycles. The minimum absolute atomic E-state index is 0.0723. The van der Waals surface area contributed by atoms with E-state index in [4.69, 9.17) is 4.74 Å². The second-order valence-electron chi connectivity index (χ2n) is 9.29. The molecule has 1 amide bonds. The van der Waals surface area contributed by atoms with Crippen LogP contribution in [0.1, 0.15) is 35.3 Å². The fraction of sp³-hybridized carbons (Fsp3) is 0.296. The second-order valence-corrected chi connectivity index (χ2v) is 10.9. The number of ketones is 1. The first-order chi connectivity index (χ1) is 17.5. The molecule has 196 valence electrons. The van der Waals surface area contributed by atoms with Crippen molar-refractivity contribution in [2.24, 2.45) is 0 Å². The van der Waals surface area contributed by atoms with Gasteiger partial charge in [-0.05, 0) is 61.7 Å². The number of amides is 1. The average Bonchev–Trinajstić information content (AvgIpc) is 2.84. The van der Waals surface area contributed by atoms with Crippen molar-refractivity contribution in [2.75, 3.05) is 13.7 Å². The summed E-state index contributed by atoms with van der Waals surface area (Å²) >= 11 is 0. The van der Waals surface area contributed by atoms with Gasteiger partial charge in [0, 0.05) is 25.3 Å². The number of Topliss-reactive ketones (excluding diaryl/α,β-unsaturated/α-hetero) is 1. The fourth-order valence-electron chi connectivity index (χ4n) is 3.74. The number of hydrogen-bond acceptors (Lipinski definition) is 6. The molecule has 10 heteroatoms. The molecular weight excluding hydrogens is 497 g/mol. The third-order valence-electron chi connectivity index (χ3n) is 5.45. The number of sulfonamides is 1. The molecule has 0 saturated heterocycles. The summed E-state index contributed by atoms with van der Waals surface area (Å²) in [6.07, 6.45) is 1.51. The van der Waals surface area contributed by atoms with Crippen LogP contribution in [0, 0.1) is 5.82 Å². The normalized spacial score (nSPS) is 12.6. The van der Waals surface area contributed by atoms with Gasteiger partial charge < -0.3 is 10.1 Å². The molecule has 3 aromatic rings. The molecule has 1 aromatic heterocycles. The van der Waals surface area contributed by atoms with E-state index in [9.17, 15) is 22.4 Å². The lowest BCUT2D eigenvalue weighted by atomic mass is 9.98. The Morgan fingerprint density at radius 3 is 2.27 bits per heavy atom. The van der Waals surface area contributed by atoms with E-state index in [2.05, 4.69) is 15.0 Å². The zero-order valence-electron chi connectivity index (χ0n) is 20.9. The van der Waals surface area contributed by atoms with Gasteiger partial charge in [-0.15, -0.1) is 0 Å². The quantitative estimate of drug-likeness (QED) is 0.374. The maximum absolute atomic E-state index is 13.2. The fourth-order valence-corrected chi connectivity index (χ4v) is 5.07. The number of hydrogen-bond donors (Lipinski definition) is 2. The molecule has 8 nitrogen and oxygen atoms in total. The van der Waals surface area contributed by atoms with Gasteiger partial charge in [-0.1, -0.05) is 36.4 Å². The number of nitrogens with one attached hydrogen (secondary N) is 2. The van der Waals surface area contributed by atoms with Crippen molar-refractivity contribution >= 4 is 21.7 Å². The Kier molecular flexibility index (Phi) is 9.25. The van der Waals surface area contributed by atoms with Crippen molar-refractivity contribution in [3.05, 3.63) is 95.4 Å². The molecule has 3 rings (SSSR count). The van der Waals surface area contributed by atoms with Crippen LogP contribution >= 0.6 is 0 Å². The van der Waals surface area contributed by atoms with Crippen molar-refractivity contribution in [1.82, 2.24) is 15.0 Å². The average molecular weight is 528 g/mol. The summed E-state index contributed by atoms with van der Waals surface area (Å²) in [7, 11) is -2.42. The van der Waals surface area contributed by atoms with Gasteiger partial charge in [0.15, 0.2) is 10.8 Å². The maximum Gasteiger partial charge on any atom is 0.258 e. The topological polar surface area (TPSA) is 114 Å². The van der Waals surface area contributed by atoms with Crippen LogP contribution in [0.5, 0.6) is 0 Å². The van der Waals surface area contributed by atoms with Crippen LogP contribution in [0.3, 0.4) is 0 Å². The third kappa shape index (κ3) is 8.28. The van der Waals surface area contributed by atoms with Crippen molar-refractivity contribution < 1.29 is 27.1 Å². The summed E-state index contributed by atoms with van der Waals surface area (Å²) in [5.74, 6) is -1.25. The van der Waals surface area contributed by atoms with Crippen LogP contribution in [0.2, 0.25) is 0 Å². The van der Waals surface area contributed by atoms with Crippen LogP contribution in [0.4, 0.5) is 4.39 Å². The molecule has 1 heterocycles. The molecule has 0 bridgehead atoms. The molecule has 37 heavy (non-hydrogen) atoms. The van der Waals surface area contributed by atoms with E-state index in [1.807, 2.05) is 30.3 Å². The summed E-state index contributed by atoms with van der Waals surface area (Å²) in [6, 6.07) is 16.3. The Balaban J connectivity index is 1.75. The van der Waals surface area contributed by atoms with Gasteiger partial charge in [-0.2, -0.15) is 0 Å².